The maximum Gasteiger partial charge on any atom is 0.305 e. The molecule has 0 atom stereocenters. The molecule has 3 N–H and O–H groups in total. The van der Waals surface area contributed by atoms with E-state index in [1.54, 1.807) is 12.1 Å². The average Bonchev–Trinajstić information content (AvgIpc) is 2.68. The van der Waals surface area contributed by atoms with Crippen LogP contribution < -0.4 is 10.6 Å². The van der Waals surface area contributed by atoms with Crippen LogP contribution in [0.25, 0.3) is 0 Å². The number of nitrogens with one attached hydrogen (secondary N) is 2. The number of esters is 1. The number of ether oxygens (including phenoxy) is 1. The van der Waals surface area contributed by atoms with Crippen molar-refractivity contribution in [2.24, 2.45) is 0 Å². The van der Waals surface area contributed by atoms with E-state index in [2.05, 4.69) is 10.6 Å². The highest BCUT2D eigenvalue weighted by molar-refractivity contribution is 7.80. The highest BCUT2D eigenvalue weighted by Crippen LogP contribution is 2.13. The lowest BCUT2D eigenvalue weighted by atomic mass is 10.1. The molecule has 2 aromatic carbocycles. The van der Waals surface area contributed by atoms with Crippen LogP contribution in [0.5, 0.6) is 5.75 Å². The van der Waals surface area contributed by atoms with Crippen molar-refractivity contribution in [1.29, 1.82) is 0 Å². The molecule has 7 heteroatoms. The first-order valence-corrected chi connectivity index (χ1v) is 9.53. The van der Waals surface area contributed by atoms with Crippen molar-refractivity contribution in [2.75, 3.05) is 11.9 Å². The molecule has 0 saturated carbocycles. The molecular weight excluding hydrogens is 376 g/mol. The Morgan fingerprint density at radius 2 is 1.68 bits per heavy atom. The summed E-state index contributed by atoms with van der Waals surface area (Å²) in [5.74, 6) is -0.425. The summed E-state index contributed by atoms with van der Waals surface area (Å²) < 4.78 is 5.19. The fourth-order valence-corrected chi connectivity index (χ4v) is 2.70. The lowest BCUT2D eigenvalue weighted by Gasteiger charge is -2.09. The maximum atomic E-state index is 11.9. The Balaban J connectivity index is 1.54. The van der Waals surface area contributed by atoms with Crippen molar-refractivity contribution in [3.05, 3.63) is 60.2 Å². The molecule has 0 aliphatic rings. The van der Waals surface area contributed by atoms with Crippen LogP contribution in [0.3, 0.4) is 0 Å². The summed E-state index contributed by atoms with van der Waals surface area (Å²) in [6.45, 7) is 0.376. The lowest BCUT2D eigenvalue weighted by Crippen LogP contribution is -2.34. The summed E-state index contributed by atoms with van der Waals surface area (Å²) >= 11 is 5.06. The molecule has 0 aromatic heterocycles. The van der Waals surface area contributed by atoms with Crippen molar-refractivity contribution in [3.63, 3.8) is 0 Å². The zero-order chi connectivity index (χ0) is 20.2. The van der Waals surface area contributed by atoms with Crippen molar-refractivity contribution in [2.45, 2.75) is 32.1 Å². The van der Waals surface area contributed by atoms with Crippen molar-refractivity contribution >= 4 is 34.9 Å². The monoisotopic (exact) mass is 400 g/mol. The normalized spacial score (nSPS) is 10.1. The minimum atomic E-state index is -0.300. The van der Waals surface area contributed by atoms with E-state index in [1.807, 2.05) is 30.3 Å². The first-order chi connectivity index (χ1) is 13.5. The fraction of sp³-hybridized carbons (Fsp3) is 0.286. The summed E-state index contributed by atoms with van der Waals surface area (Å²) in [7, 11) is 0. The van der Waals surface area contributed by atoms with Gasteiger partial charge in [0.25, 0.3) is 0 Å². The molecule has 0 aliphatic heterocycles. The van der Waals surface area contributed by atoms with Gasteiger partial charge in [-0.1, -0.05) is 30.3 Å². The number of thiocarbonyl (C=S) groups is 1. The molecule has 0 radical (unpaired) electrons. The Morgan fingerprint density at radius 1 is 0.964 bits per heavy atom. The largest absolute Gasteiger partial charge is 0.508 e. The van der Waals surface area contributed by atoms with E-state index in [1.165, 1.54) is 17.7 Å². The van der Waals surface area contributed by atoms with Gasteiger partial charge in [-0.25, -0.2) is 0 Å². The summed E-state index contributed by atoms with van der Waals surface area (Å²) in [4.78, 5) is 23.6. The third-order valence-corrected chi connectivity index (χ3v) is 4.08. The molecule has 148 valence electrons. The number of phenols is 1. The summed E-state index contributed by atoms with van der Waals surface area (Å²) in [6, 6.07) is 16.3. The molecule has 0 saturated heterocycles. The van der Waals surface area contributed by atoms with Gasteiger partial charge in [-0.05, 0) is 61.3 Å². The zero-order valence-electron chi connectivity index (χ0n) is 15.5. The zero-order valence-corrected chi connectivity index (χ0v) is 16.3. The molecule has 0 unspecified atom stereocenters. The Bertz CT molecular complexity index is 779. The highest BCUT2D eigenvalue weighted by Gasteiger charge is 2.08. The second-order valence-electron chi connectivity index (χ2n) is 6.21. The minimum absolute atomic E-state index is 0.146. The van der Waals surface area contributed by atoms with Crippen molar-refractivity contribution < 1.29 is 19.4 Å². The van der Waals surface area contributed by atoms with E-state index in [0.29, 0.717) is 18.7 Å². The van der Waals surface area contributed by atoms with Crippen LogP contribution in [0.15, 0.2) is 54.6 Å². The SMILES string of the molecule is O=C(CCCC(=O)OCCCc1ccccc1)NC(=S)Nc1ccc(O)cc1. The first-order valence-electron chi connectivity index (χ1n) is 9.12. The number of hydrogen-bond acceptors (Lipinski definition) is 5. The smallest absolute Gasteiger partial charge is 0.305 e. The molecule has 0 spiro atoms. The number of aryl methyl sites for hydroxylation is 1. The highest BCUT2D eigenvalue weighted by atomic mass is 32.1. The number of anilines is 1. The number of amides is 1. The number of carbonyl (C=O) groups excluding carboxylic acids is 2. The molecule has 28 heavy (non-hydrogen) atoms. The molecule has 0 fully saturated rings. The van der Waals surface area contributed by atoms with Gasteiger partial charge >= 0.3 is 5.97 Å². The first kappa shape index (κ1) is 21.4. The molecule has 1 amide bonds. The Kier molecular flexibility index (Phi) is 8.94. The predicted molar refractivity (Wildman–Crippen MR) is 112 cm³/mol. The van der Waals surface area contributed by atoms with Gasteiger partial charge in [-0.15, -0.1) is 0 Å². The Hall–Kier alpha value is -2.93. The van der Waals surface area contributed by atoms with Crippen LogP contribution in [0.4, 0.5) is 5.69 Å². The van der Waals surface area contributed by atoms with Gasteiger partial charge in [-0.3, -0.25) is 9.59 Å². The van der Waals surface area contributed by atoms with Crippen molar-refractivity contribution in [3.8, 4) is 5.75 Å². The van der Waals surface area contributed by atoms with E-state index in [4.69, 9.17) is 17.0 Å². The standard InChI is InChI=1S/C21H24N2O4S/c24-18-13-11-17(12-14-18)22-21(28)23-19(25)9-4-10-20(26)27-15-5-8-16-6-2-1-3-7-16/h1-3,6-7,11-14,24H,4-5,8-10,15H2,(H2,22,23,25,28). The Morgan fingerprint density at radius 3 is 2.39 bits per heavy atom. The molecule has 0 bridgehead atoms. The van der Waals surface area contributed by atoms with E-state index in [0.717, 1.165) is 12.8 Å². The fourth-order valence-electron chi connectivity index (χ4n) is 2.47. The van der Waals surface area contributed by atoms with Crippen LogP contribution in [-0.2, 0) is 20.7 Å². The number of benzene rings is 2. The predicted octanol–water partition coefficient (Wildman–Crippen LogP) is 3.55. The minimum Gasteiger partial charge on any atom is -0.508 e. The summed E-state index contributed by atoms with van der Waals surface area (Å²) in [6.07, 6.45) is 2.40. The van der Waals surface area contributed by atoms with E-state index in [9.17, 15) is 14.7 Å². The van der Waals surface area contributed by atoms with Crippen LogP contribution >= 0.6 is 12.2 Å². The molecular formula is C21H24N2O4S. The topological polar surface area (TPSA) is 87.7 Å². The van der Waals surface area contributed by atoms with Gasteiger partial charge in [0.2, 0.25) is 5.91 Å². The van der Waals surface area contributed by atoms with Crippen molar-refractivity contribution in [1.82, 2.24) is 5.32 Å². The number of aromatic hydroxyl groups is 1. The van der Waals surface area contributed by atoms with Gasteiger partial charge in [0.05, 0.1) is 6.61 Å². The molecule has 6 nitrogen and oxygen atoms in total. The van der Waals surface area contributed by atoms with Gasteiger partial charge in [-0.2, -0.15) is 0 Å². The number of rotatable bonds is 9. The maximum absolute atomic E-state index is 11.9. The molecule has 2 aromatic rings. The van der Waals surface area contributed by atoms with Crippen LogP contribution in [0.2, 0.25) is 0 Å². The molecule has 0 heterocycles. The van der Waals surface area contributed by atoms with Gasteiger partial charge < -0.3 is 20.5 Å². The Labute approximate surface area is 169 Å². The van der Waals surface area contributed by atoms with E-state index in [-0.39, 0.29) is 35.6 Å². The van der Waals surface area contributed by atoms with Gasteiger partial charge in [0, 0.05) is 18.5 Å². The second-order valence-corrected chi connectivity index (χ2v) is 6.62. The third kappa shape index (κ3) is 8.64. The number of hydrogen-bond donors (Lipinski definition) is 3. The summed E-state index contributed by atoms with van der Waals surface area (Å²) in [5, 5.41) is 14.8. The molecule has 0 aliphatic carbocycles. The van der Waals surface area contributed by atoms with E-state index < -0.39 is 0 Å². The lowest BCUT2D eigenvalue weighted by molar-refractivity contribution is -0.143. The summed E-state index contributed by atoms with van der Waals surface area (Å²) in [5.41, 5.74) is 1.87. The van der Waals surface area contributed by atoms with Crippen LogP contribution in [0, 0.1) is 0 Å². The van der Waals surface area contributed by atoms with Crippen LogP contribution in [-0.4, -0.2) is 28.7 Å². The number of carbonyl (C=O) groups is 2. The molecule has 2 rings (SSSR count). The van der Waals surface area contributed by atoms with Gasteiger partial charge in [0.15, 0.2) is 5.11 Å². The van der Waals surface area contributed by atoms with E-state index >= 15 is 0 Å². The van der Waals surface area contributed by atoms with Gasteiger partial charge in [0.1, 0.15) is 5.75 Å². The third-order valence-electron chi connectivity index (χ3n) is 3.88. The number of phenolic OH excluding ortho intramolecular Hbond substituents is 1. The quantitative estimate of drug-likeness (QED) is 0.258. The average molecular weight is 401 g/mol. The second kappa shape index (κ2) is 11.7. The van der Waals surface area contributed by atoms with Crippen LogP contribution in [0.1, 0.15) is 31.2 Å².